The molecule has 0 aliphatic heterocycles. The molecule has 2 aromatic rings. The van der Waals surface area contributed by atoms with E-state index in [0.717, 1.165) is 0 Å². The number of carboxylic acid groups (broad SMARTS) is 1. The zero-order chi connectivity index (χ0) is 11.5. The minimum absolute atomic E-state index is 0.00764. The fraction of sp³-hybridized carbons (Fsp3) is 0.100. The van der Waals surface area contributed by atoms with E-state index in [-0.39, 0.29) is 5.69 Å². The van der Waals surface area contributed by atoms with Gasteiger partial charge in [-0.25, -0.2) is 9.48 Å². The maximum atomic E-state index is 10.9. The van der Waals surface area contributed by atoms with Crippen molar-refractivity contribution in [3.63, 3.8) is 0 Å². The molecule has 1 N–H and O–H groups in total. The van der Waals surface area contributed by atoms with Crippen LogP contribution in [0.2, 0.25) is 0 Å². The van der Waals surface area contributed by atoms with Gasteiger partial charge in [-0.15, -0.1) is 5.10 Å². The quantitative estimate of drug-likeness (QED) is 0.832. The summed E-state index contributed by atoms with van der Waals surface area (Å²) in [6, 6.07) is 6.92. The number of nitrogens with zero attached hydrogens (tertiary/aromatic N) is 3. The molecule has 0 aliphatic carbocycles. The van der Waals surface area contributed by atoms with Crippen molar-refractivity contribution in [2.24, 2.45) is 0 Å². The summed E-state index contributed by atoms with van der Waals surface area (Å²) in [5, 5.41) is 16.2. The van der Waals surface area contributed by atoms with E-state index < -0.39 is 5.97 Å². The number of carbonyl (C=O) groups is 1. The lowest BCUT2D eigenvalue weighted by atomic mass is 10.3. The molecule has 0 spiro atoms. The predicted molar refractivity (Wildman–Crippen MR) is 54.9 cm³/mol. The van der Waals surface area contributed by atoms with Gasteiger partial charge in [0.05, 0.1) is 19.0 Å². The highest BCUT2D eigenvalue weighted by atomic mass is 16.5. The molecule has 1 aromatic heterocycles. The molecule has 0 amide bonds. The van der Waals surface area contributed by atoms with E-state index in [4.69, 9.17) is 9.84 Å². The van der Waals surface area contributed by atoms with Crippen LogP contribution in [0.3, 0.4) is 0 Å². The van der Waals surface area contributed by atoms with E-state index >= 15 is 0 Å². The summed E-state index contributed by atoms with van der Waals surface area (Å²) in [7, 11) is 1.54. The van der Waals surface area contributed by atoms with Gasteiger partial charge in [-0.05, 0) is 12.1 Å². The van der Waals surface area contributed by atoms with Gasteiger partial charge in [-0.2, -0.15) is 0 Å². The van der Waals surface area contributed by atoms with E-state index in [1.807, 2.05) is 0 Å². The van der Waals surface area contributed by atoms with Crippen LogP contribution in [0.25, 0.3) is 5.69 Å². The summed E-state index contributed by atoms with van der Waals surface area (Å²) in [4.78, 5) is 10.9. The molecule has 0 fully saturated rings. The van der Waals surface area contributed by atoms with E-state index in [9.17, 15) is 4.79 Å². The lowest BCUT2D eigenvalue weighted by molar-refractivity contribution is 0.0687. The molecule has 0 unspecified atom stereocenters. The van der Waals surface area contributed by atoms with E-state index in [2.05, 4.69) is 10.3 Å². The fourth-order valence-corrected chi connectivity index (χ4v) is 1.31. The first-order chi connectivity index (χ1) is 7.72. The van der Waals surface area contributed by atoms with Crippen LogP contribution in [0.15, 0.2) is 30.5 Å². The molecule has 0 radical (unpaired) electrons. The smallest absolute Gasteiger partial charge is 0.356 e. The Morgan fingerprint density at radius 2 is 2.31 bits per heavy atom. The lowest BCUT2D eigenvalue weighted by Gasteiger charge is -2.05. The lowest BCUT2D eigenvalue weighted by Crippen LogP contribution is -2.07. The maximum absolute atomic E-state index is 10.9. The number of carboxylic acids is 1. The van der Waals surface area contributed by atoms with Crippen molar-refractivity contribution in [1.82, 2.24) is 15.0 Å². The molecule has 0 bridgehead atoms. The highest BCUT2D eigenvalue weighted by molar-refractivity contribution is 5.85. The Labute approximate surface area is 91.1 Å². The summed E-state index contributed by atoms with van der Waals surface area (Å²) in [6.45, 7) is 0. The van der Waals surface area contributed by atoms with Crippen molar-refractivity contribution in [2.75, 3.05) is 7.11 Å². The Morgan fingerprint density at radius 1 is 1.50 bits per heavy atom. The summed E-state index contributed by atoms with van der Waals surface area (Å²) >= 11 is 0. The highest BCUT2D eigenvalue weighted by Gasteiger charge is 2.13. The van der Waals surface area contributed by atoms with Gasteiger partial charge in [-0.3, -0.25) is 0 Å². The van der Waals surface area contributed by atoms with Crippen molar-refractivity contribution in [3.05, 3.63) is 36.2 Å². The number of rotatable bonds is 3. The summed E-state index contributed by atoms with van der Waals surface area (Å²) in [5.41, 5.74) is 0.600. The predicted octanol–water partition coefficient (Wildman–Crippen LogP) is 0.974. The Hall–Kier alpha value is -2.37. The Kier molecular flexibility index (Phi) is 2.55. The zero-order valence-electron chi connectivity index (χ0n) is 8.49. The molecule has 0 atom stereocenters. The molecule has 0 aliphatic rings. The Morgan fingerprint density at radius 3 is 3.00 bits per heavy atom. The van der Waals surface area contributed by atoms with Crippen molar-refractivity contribution in [1.29, 1.82) is 0 Å². The molecule has 2 rings (SSSR count). The van der Waals surface area contributed by atoms with Crippen molar-refractivity contribution < 1.29 is 14.6 Å². The number of benzene rings is 1. The van der Waals surface area contributed by atoms with E-state index in [0.29, 0.717) is 11.4 Å². The number of aromatic nitrogens is 3. The average molecular weight is 219 g/mol. The largest absolute Gasteiger partial charge is 0.497 e. The number of hydrogen-bond donors (Lipinski definition) is 1. The fourth-order valence-electron chi connectivity index (χ4n) is 1.31. The third-order valence-electron chi connectivity index (χ3n) is 2.07. The van der Waals surface area contributed by atoms with Gasteiger partial charge >= 0.3 is 5.97 Å². The molecule has 1 heterocycles. The molecule has 6 nitrogen and oxygen atoms in total. The number of hydrogen-bond acceptors (Lipinski definition) is 4. The Bertz CT molecular complexity index is 522. The first-order valence-electron chi connectivity index (χ1n) is 4.51. The number of aromatic carboxylic acids is 1. The third-order valence-corrected chi connectivity index (χ3v) is 2.07. The summed E-state index contributed by atoms with van der Waals surface area (Å²) in [6.07, 6.45) is 1.20. The van der Waals surface area contributed by atoms with Crippen LogP contribution >= 0.6 is 0 Å². The summed E-state index contributed by atoms with van der Waals surface area (Å²) < 4.78 is 6.29. The van der Waals surface area contributed by atoms with Crippen LogP contribution in [0, 0.1) is 0 Å². The molecule has 0 saturated heterocycles. The molecule has 0 saturated carbocycles. The van der Waals surface area contributed by atoms with Gasteiger partial charge in [0.2, 0.25) is 0 Å². The first-order valence-corrected chi connectivity index (χ1v) is 4.51. The second-order valence-corrected chi connectivity index (χ2v) is 3.04. The maximum Gasteiger partial charge on any atom is 0.356 e. The number of methoxy groups -OCH3 is 1. The second-order valence-electron chi connectivity index (χ2n) is 3.04. The van der Waals surface area contributed by atoms with Crippen LogP contribution in [-0.2, 0) is 0 Å². The number of ether oxygens (including phenoxy) is 1. The van der Waals surface area contributed by atoms with Gasteiger partial charge in [-0.1, -0.05) is 11.3 Å². The van der Waals surface area contributed by atoms with Crippen LogP contribution in [-0.4, -0.2) is 33.2 Å². The van der Waals surface area contributed by atoms with Gasteiger partial charge < -0.3 is 9.84 Å². The van der Waals surface area contributed by atoms with Crippen molar-refractivity contribution in [3.8, 4) is 11.4 Å². The van der Waals surface area contributed by atoms with Crippen LogP contribution in [0.5, 0.6) is 5.75 Å². The van der Waals surface area contributed by atoms with Crippen LogP contribution in [0.1, 0.15) is 10.5 Å². The van der Waals surface area contributed by atoms with Crippen molar-refractivity contribution in [2.45, 2.75) is 0 Å². The van der Waals surface area contributed by atoms with Gasteiger partial charge in [0.25, 0.3) is 0 Å². The van der Waals surface area contributed by atoms with Crippen molar-refractivity contribution >= 4 is 5.97 Å². The third kappa shape index (κ3) is 1.72. The second kappa shape index (κ2) is 4.01. The highest BCUT2D eigenvalue weighted by Crippen LogP contribution is 2.16. The van der Waals surface area contributed by atoms with Crippen LogP contribution < -0.4 is 4.74 Å². The SMILES string of the molecule is COc1cccc(-n2nncc2C(=O)O)c1. The van der Waals surface area contributed by atoms with Gasteiger partial charge in [0, 0.05) is 6.07 Å². The van der Waals surface area contributed by atoms with Gasteiger partial charge in [0.15, 0.2) is 5.69 Å². The van der Waals surface area contributed by atoms with E-state index in [1.165, 1.54) is 10.9 Å². The Balaban J connectivity index is 2.50. The topological polar surface area (TPSA) is 77.2 Å². The molecule has 16 heavy (non-hydrogen) atoms. The standard InChI is InChI=1S/C10H9N3O3/c1-16-8-4-2-3-7(5-8)13-9(10(14)15)6-11-12-13/h2-6H,1H3,(H,14,15). The normalized spacial score (nSPS) is 10.1. The molecule has 6 heteroatoms. The monoisotopic (exact) mass is 219 g/mol. The van der Waals surface area contributed by atoms with Crippen LogP contribution in [0.4, 0.5) is 0 Å². The minimum atomic E-state index is -1.08. The summed E-state index contributed by atoms with van der Waals surface area (Å²) in [5.74, 6) is -0.447. The molecule has 82 valence electrons. The minimum Gasteiger partial charge on any atom is -0.497 e. The van der Waals surface area contributed by atoms with Gasteiger partial charge in [0.1, 0.15) is 5.75 Å². The molecular weight excluding hydrogens is 210 g/mol. The molecular formula is C10H9N3O3. The average Bonchev–Trinajstić information content (AvgIpc) is 2.78. The van der Waals surface area contributed by atoms with E-state index in [1.54, 1.807) is 31.4 Å². The first kappa shape index (κ1) is 10.2. The molecule has 1 aromatic carbocycles. The zero-order valence-corrected chi connectivity index (χ0v) is 8.49.